The van der Waals surface area contributed by atoms with Crippen LogP contribution in [0.2, 0.25) is 5.28 Å². The number of hydrogen-bond donors (Lipinski definition) is 0. The third kappa shape index (κ3) is 2.20. The molecule has 0 aliphatic carbocycles. The molecular weight excluding hydrogens is 293 g/mol. The van der Waals surface area contributed by atoms with Crippen molar-refractivity contribution in [2.45, 2.75) is 6.18 Å². The van der Waals surface area contributed by atoms with E-state index in [9.17, 15) is 13.2 Å². The molecule has 2 heterocycles. The van der Waals surface area contributed by atoms with Crippen LogP contribution in [0.1, 0.15) is 5.56 Å². The summed E-state index contributed by atoms with van der Waals surface area (Å²) in [6.07, 6.45) is -2.85. The van der Waals surface area contributed by atoms with E-state index in [1.54, 1.807) is 24.3 Å². The van der Waals surface area contributed by atoms with E-state index in [1.807, 2.05) is 0 Å². The zero-order chi connectivity index (χ0) is 14.3. The minimum absolute atomic E-state index is 0.0530. The molecule has 1 aromatic carbocycles. The topological polar surface area (TPSA) is 43.6 Å². The standard InChI is InChI=1S/C12H6ClF3N4/c13-11-18-9-4-2-1-3-8(9)10(19-11)20-6-7(5-17-20)12(14,15)16/h1-6H. The number of hydrogen-bond acceptors (Lipinski definition) is 3. The highest BCUT2D eigenvalue weighted by Crippen LogP contribution is 2.30. The third-order valence-electron chi connectivity index (χ3n) is 2.68. The summed E-state index contributed by atoms with van der Waals surface area (Å²) in [6, 6.07) is 6.87. The van der Waals surface area contributed by atoms with Crippen molar-refractivity contribution in [1.82, 2.24) is 19.7 Å². The minimum Gasteiger partial charge on any atom is -0.221 e. The van der Waals surface area contributed by atoms with E-state index in [2.05, 4.69) is 15.1 Å². The van der Waals surface area contributed by atoms with Gasteiger partial charge in [-0.1, -0.05) is 12.1 Å². The summed E-state index contributed by atoms with van der Waals surface area (Å²) in [4.78, 5) is 7.96. The van der Waals surface area contributed by atoms with E-state index in [0.717, 1.165) is 17.1 Å². The van der Waals surface area contributed by atoms with Gasteiger partial charge < -0.3 is 0 Å². The number of rotatable bonds is 1. The molecule has 0 fully saturated rings. The second-order valence-corrected chi connectivity index (χ2v) is 4.34. The highest BCUT2D eigenvalue weighted by atomic mass is 35.5. The Labute approximate surface area is 115 Å². The Morgan fingerprint density at radius 3 is 2.55 bits per heavy atom. The van der Waals surface area contributed by atoms with E-state index >= 15 is 0 Å². The first-order chi connectivity index (χ1) is 9.45. The minimum atomic E-state index is -4.45. The maximum atomic E-state index is 12.6. The van der Waals surface area contributed by atoms with Gasteiger partial charge in [0.15, 0.2) is 5.82 Å². The van der Waals surface area contributed by atoms with Crippen molar-refractivity contribution in [1.29, 1.82) is 0 Å². The number of benzene rings is 1. The van der Waals surface area contributed by atoms with Crippen LogP contribution in [0.3, 0.4) is 0 Å². The Bertz CT molecular complexity index is 782. The van der Waals surface area contributed by atoms with Gasteiger partial charge in [-0.25, -0.2) is 9.67 Å². The fraction of sp³-hybridized carbons (Fsp3) is 0.0833. The molecule has 0 bridgehead atoms. The van der Waals surface area contributed by atoms with Gasteiger partial charge in [-0.05, 0) is 23.7 Å². The lowest BCUT2D eigenvalue weighted by molar-refractivity contribution is -0.137. The summed E-state index contributed by atoms with van der Waals surface area (Å²) < 4.78 is 38.8. The summed E-state index contributed by atoms with van der Waals surface area (Å²) in [5.41, 5.74) is -0.317. The molecule has 0 N–H and O–H groups in total. The molecule has 20 heavy (non-hydrogen) atoms. The maximum absolute atomic E-state index is 12.6. The van der Waals surface area contributed by atoms with Crippen molar-refractivity contribution in [2.75, 3.05) is 0 Å². The normalized spacial score (nSPS) is 12.0. The van der Waals surface area contributed by atoms with Crippen molar-refractivity contribution in [3.8, 4) is 5.82 Å². The SMILES string of the molecule is FC(F)(F)c1cnn(-c2nc(Cl)nc3ccccc23)c1. The number of para-hydroxylation sites is 1. The molecule has 3 rings (SSSR count). The van der Waals surface area contributed by atoms with Crippen LogP contribution in [0.15, 0.2) is 36.7 Å². The number of aromatic nitrogens is 4. The Balaban J connectivity index is 2.21. The number of nitrogens with zero attached hydrogens (tertiary/aromatic N) is 4. The monoisotopic (exact) mass is 298 g/mol. The van der Waals surface area contributed by atoms with Crippen LogP contribution in [0.5, 0.6) is 0 Å². The summed E-state index contributed by atoms with van der Waals surface area (Å²) in [5.74, 6) is 0.205. The number of alkyl halides is 3. The first-order valence-corrected chi connectivity index (χ1v) is 5.87. The third-order valence-corrected chi connectivity index (χ3v) is 2.85. The second kappa shape index (κ2) is 4.45. The fourth-order valence-electron chi connectivity index (χ4n) is 1.79. The van der Waals surface area contributed by atoms with Crippen molar-refractivity contribution >= 4 is 22.5 Å². The molecule has 0 spiro atoms. The van der Waals surface area contributed by atoms with Gasteiger partial charge in [-0.3, -0.25) is 0 Å². The summed E-state index contributed by atoms with van der Waals surface area (Å²) in [7, 11) is 0. The van der Waals surface area contributed by atoms with E-state index in [0.29, 0.717) is 10.9 Å². The van der Waals surface area contributed by atoms with Gasteiger partial charge >= 0.3 is 6.18 Å². The Morgan fingerprint density at radius 2 is 1.85 bits per heavy atom. The maximum Gasteiger partial charge on any atom is 0.419 e. The van der Waals surface area contributed by atoms with E-state index < -0.39 is 11.7 Å². The second-order valence-electron chi connectivity index (χ2n) is 4.00. The Hall–Kier alpha value is -2.15. The van der Waals surface area contributed by atoms with Gasteiger partial charge in [0.25, 0.3) is 0 Å². The van der Waals surface area contributed by atoms with E-state index in [-0.39, 0.29) is 11.1 Å². The van der Waals surface area contributed by atoms with Gasteiger partial charge in [-0.15, -0.1) is 0 Å². The quantitative estimate of drug-likeness (QED) is 0.646. The van der Waals surface area contributed by atoms with Crippen LogP contribution in [0.4, 0.5) is 13.2 Å². The first kappa shape index (κ1) is 12.9. The molecule has 0 amide bonds. The van der Waals surface area contributed by atoms with Gasteiger partial charge in [0.1, 0.15) is 0 Å². The predicted octanol–water partition coefficient (Wildman–Crippen LogP) is 3.49. The van der Waals surface area contributed by atoms with E-state index in [4.69, 9.17) is 11.6 Å². The number of fused-ring (bicyclic) bond motifs is 1. The van der Waals surface area contributed by atoms with Crippen molar-refractivity contribution < 1.29 is 13.2 Å². The molecule has 3 aromatic rings. The molecule has 0 atom stereocenters. The van der Waals surface area contributed by atoms with Gasteiger partial charge in [0, 0.05) is 11.6 Å². The van der Waals surface area contributed by atoms with Crippen LogP contribution in [-0.2, 0) is 6.18 Å². The lowest BCUT2D eigenvalue weighted by atomic mass is 10.2. The van der Waals surface area contributed by atoms with Crippen molar-refractivity contribution in [3.05, 3.63) is 47.5 Å². The molecule has 0 radical (unpaired) electrons. The highest BCUT2D eigenvalue weighted by molar-refractivity contribution is 6.28. The van der Waals surface area contributed by atoms with Crippen LogP contribution >= 0.6 is 11.6 Å². The predicted molar refractivity (Wildman–Crippen MR) is 66.7 cm³/mol. The first-order valence-electron chi connectivity index (χ1n) is 5.50. The highest BCUT2D eigenvalue weighted by Gasteiger charge is 2.32. The van der Waals surface area contributed by atoms with Gasteiger partial charge in [-0.2, -0.15) is 23.3 Å². The van der Waals surface area contributed by atoms with Crippen LogP contribution in [0, 0.1) is 0 Å². The smallest absolute Gasteiger partial charge is 0.221 e. The van der Waals surface area contributed by atoms with Crippen molar-refractivity contribution in [3.63, 3.8) is 0 Å². The summed E-state index contributed by atoms with van der Waals surface area (Å²) in [6.45, 7) is 0. The molecule has 8 heteroatoms. The van der Waals surface area contributed by atoms with Crippen molar-refractivity contribution in [2.24, 2.45) is 0 Å². The molecule has 0 unspecified atom stereocenters. The number of halogens is 4. The molecule has 0 saturated heterocycles. The zero-order valence-electron chi connectivity index (χ0n) is 9.76. The molecule has 4 nitrogen and oxygen atoms in total. The summed E-state index contributed by atoms with van der Waals surface area (Å²) in [5, 5.41) is 4.20. The Kier molecular flexibility index (Phi) is 2.86. The van der Waals surface area contributed by atoms with Crippen LogP contribution in [-0.4, -0.2) is 19.7 Å². The van der Waals surface area contributed by atoms with Crippen LogP contribution < -0.4 is 0 Å². The molecule has 2 aromatic heterocycles. The van der Waals surface area contributed by atoms with Gasteiger partial charge in [0.05, 0.1) is 17.3 Å². The summed E-state index contributed by atoms with van der Waals surface area (Å²) >= 11 is 5.78. The lowest BCUT2D eigenvalue weighted by Crippen LogP contribution is -2.04. The largest absolute Gasteiger partial charge is 0.419 e. The fourth-order valence-corrected chi connectivity index (χ4v) is 1.96. The molecule has 0 aliphatic heterocycles. The average Bonchev–Trinajstić information content (AvgIpc) is 2.87. The molecule has 0 aliphatic rings. The molecule has 102 valence electrons. The molecular formula is C12H6ClF3N4. The zero-order valence-corrected chi connectivity index (χ0v) is 10.5. The van der Waals surface area contributed by atoms with Gasteiger partial charge in [0.2, 0.25) is 5.28 Å². The Morgan fingerprint density at radius 1 is 1.10 bits per heavy atom. The lowest BCUT2D eigenvalue weighted by Gasteiger charge is -2.05. The molecule has 0 saturated carbocycles. The average molecular weight is 299 g/mol. The van der Waals surface area contributed by atoms with E-state index in [1.165, 1.54) is 0 Å². The van der Waals surface area contributed by atoms with Crippen LogP contribution in [0.25, 0.3) is 16.7 Å².